The topological polar surface area (TPSA) is 54.5 Å². The molecule has 2 fully saturated rings. The predicted octanol–water partition coefficient (Wildman–Crippen LogP) is 1.78. The summed E-state index contributed by atoms with van der Waals surface area (Å²) in [6.45, 7) is 0.372. The Hall–Kier alpha value is -1.88. The Balaban J connectivity index is 1.58. The SMILES string of the molecule is O=C(Cc1cccc2ccccc12)N1C[C@H]2C[C@H]1CS2(=O)=O. The van der Waals surface area contributed by atoms with E-state index in [1.165, 1.54) is 0 Å². The third-order valence-electron chi connectivity index (χ3n) is 4.85. The molecule has 0 radical (unpaired) electrons. The highest BCUT2D eigenvalue weighted by Gasteiger charge is 2.49. The number of carbonyl (C=O) groups excluding carboxylic acids is 1. The van der Waals surface area contributed by atoms with Gasteiger partial charge in [-0.15, -0.1) is 0 Å². The van der Waals surface area contributed by atoms with Gasteiger partial charge in [0, 0.05) is 12.6 Å². The molecule has 2 aliphatic heterocycles. The lowest BCUT2D eigenvalue weighted by Crippen LogP contribution is -2.44. The molecule has 0 saturated carbocycles. The van der Waals surface area contributed by atoms with E-state index in [4.69, 9.17) is 0 Å². The van der Waals surface area contributed by atoms with E-state index in [1.54, 1.807) is 4.90 Å². The summed E-state index contributed by atoms with van der Waals surface area (Å²) in [5.41, 5.74) is 1.01. The molecule has 0 N–H and O–H groups in total. The van der Waals surface area contributed by atoms with Gasteiger partial charge in [0.05, 0.1) is 17.4 Å². The molecule has 22 heavy (non-hydrogen) atoms. The maximum absolute atomic E-state index is 12.6. The van der Waals surface area contributed by atoms with Crippen LogP contribution in [0, 0.1) is 0 Å². The van der Waals surface area contributed by atoms with Crippen LogP contribution in [0.25, 0.3) is 10.8 Å². The van der Waals surface area contributed by atoms with E-state index in [9.17, 15) is 13.2 Å². The molecule has 4 rings (SSSR count). The minimum atomic E-state index is -2.96. The van der Waals surface area contributed by atoms with Gasteiger partial charge < -0.3 is 4.90 Å². The first-order valence-corrected chi connectivity index (χ1v) is 9.24. The number of sulfone groups is 1. The number of nitrogens with zero attached hydrogens (tertiary/aromatic N) is 1. The van der Waals surface area contributed by atoms with Crippen LogP contribution in [-0.4, -0.2) is 42.8 Å². The summed E-state index contributed by atoms with van der Waals surface area (Å²) in [6, 6.07) is 13.9. The zero-order valence-electron chi connectivity index (χ0n) is 12.1. The molecule has 5 heteroatoms. The van der Waals surface area contributed by atoms with E-state index in [0.717, 1.165) is 16.3 Å². The molecule has 0 aliphatic carbocycles. The Morgan fingerprint density at radius 2 is 1.91 bits per heavy atom. The second kappa shape index (κ2) is 4.81. The Kier molecular flexibility index (Phi) is 3.01. The number of hydrogen-bond acceptors (Lipinski definition) is 3. The van der Waals surface area contributed by atoms with Crippen molar-refractivity contribution in [2.24, 2.45) is 0 Å². The summed E-state index contributed by atoms with van der Waals surface area (Å²) in [5.74, 6) is 0.178. The third kappa shape index (κ3) is 2.11. The summed E-state index contributed by atoms with van der Waals surface area (Å²) in [6.07, 6.45) is 0.953. The average Bonchev–Trinajstić information content (AvgIpc) is 3.03. The highest BCUT2D eigenvalue weighted by molar-refractivity contribution is 7.92. The van der Waals surface area contributed by atoms with E-state index in [-0.39, 0.29) is 23.0 Å². The standard InChI is InChI=1S/C17H17NO3S/c19-17(18-10-15-9-14(18)11-22(15,20)21)8-13-6-3-5-12-4-1-2-7-16(12)13/h1-7,14-15H,8-11H2/t14-,15+/m0/s1. The number of hydrogen-bond donors (Lipinski definition) is 0. The molecule has 1 amide bonds. The van der Waals surface area contributed by atoms with E-state index in [0.29, 0.717) is 19.4 Å². The fraction of sp³-hybridized carbons (Fsp3) is 0.353. The molecule has 2 atom stereocenters. The normalized spacial score (nSPS) is 25.7. The summed E-state index contributed by atoms with van der Waals surface area (Å²) < 4.78 is 23.6. The molecule has 2 saturated heterocycles. The molecule has 0 unspecified atom stereocenters. The maximum atomic E-state index is 12.6. The molecule has 2 aromatic carbocycles. The van der Waals surface area contributed by atoms with Crippen LogP contribution in [0.1, 0.15) is 12.0 Å². The van der Waals surface area contributed by atoms with Crippen LogP contribution in [0.2, 0.25) is 0 Å². The van der Waals surface area contributed by atoms with Crippen LogP contribution in [0.3, 0.4) is 0 Å². The Morgan fingerprint density at radius 3 is 2.64 bits per heavy atom. The van der Waals surface area contributed by atoms with Gasteiger partial charge in [0.2, 0.25) is 5.91 Å². The van der Waals surface area contributed by atoms with Gasteiger partial charge in [0.25, 0.3) is 0 Å². The van der Waals surface area contributed by atoms with Crippen molar-refractivity contribution in [1.82, 2.24) is 4.90 Å². The van der Waals surface area contributed by atoms with Crippen LogP contribution in [0.5, 0.6) is 0 Å². The van der Waals surface area contributed by atoms with Crippen molar-refractivity contribution in [3.8, 4) is 0 Å². The molecule has 2 heterocycles. The largest absolute Gasteiger partial charge is 0.337 e. The van der Waals surface area contributed by atoms with Crippen LogP contribution in [-0.2, 0) is 21.1 Å². The molecule has 114 valence electrons. The molecule has 0 spiro atoms. The molecular weight excluding hydrogens is 298 g/mol. The van der Waals surface area contributed by atoms with Crippen molar-refractivity contribution in [1.29, 1.82) is 0 Å². The Bertz CT molecular complexity index is 854. The Morgan fingerprint density at radius 1 is 1.14 bits per heavy atom. The quantitative estimate of drug-likeness (QED) is 0.849. The number of carbonyl (C=O) groups is 1. The zero-order chi connectivity index (χ0) is 15.3. The van der Waals surface area contributed by atoms with Crippen LogP contribution < -0.4 is 0 Å². The van der Waals surface area contributed by atoms with E-state index >= 15 is 0 Å². The number of amides is 1. The van der Waals surface area contributed by atoms with Gasteiger partial charge in [-0.2, -0.15) is 0 Å². The van der Waals surface area contributed by atoms with Crippen LogP contribution >= 0.6 is 0 Å². The number of likely N-dealkylation sites (tertiary alicyclic amines) is 1. The number of fused-ring (bicyclic) bond motifs is 3. The molecule has 2 bridgehead atoms. The van der Waals surface area contributed by atoms with Crippen molar-refractivity contribution >= 4 is 26.5 Å². The van der Waals surface area contributed by atoms with Gasteiger partial charge in [-0.1, -0.05) is 42.5 Å². The van der Waals surface area contributed by atoms with E-state index < -0.39 is 9.84 Å². The first-order chi connectivity index (χ1) is 10.5. The fourth-order valence-corrected chi connectivity index (χ4v) is 5.74. The lowest BCUT2D eigenvalue weighted by molar-refractivity contribution is -0.130. The molecule has 0 aromatic heterocycles. The summed E-state index contributed by atoms with van der Waals surface area (Å²) in [7, 11) is -2.96. The van der Waals surface area contributed by atoms with Gasteiger partial charge in [0.1, 0.15) is 0 Å². The molecule has 4 nitrogen and oxygen atoms in total. The highest BCUT2D eigenvalue weighted by Crippen LogP contribution is 2.33. The van der Waals surface area contributed by atoms with Crippen LogP contribution in [0.15, 0.2) is 42.5 Å². The fourth-order valence-electron chi connectivity index (χ4n) is 3.71. The van der Waals surface area contributed by atoms with E-state index in [2.05, 4.69) is 0 Å². The van der Waals surface area contributed by atoms with Crippen molar-refractivity contribution in [3.05, 3.63) is 48.0 Å². The third-order valence-corrected chi connectivity index (χ3v) is 7.06. The lowest BCUT2D eigenvalue weighted by Gasteiger charge is -2.27. The van der Waals surface area contributed by atoms with E-state index in [1.807, 2.05) is 42.5 Å². The lowest BCUT2D eigenvalue weighted by atomic mass is 10.0. The summed E-state index contributed by atoms with van der Waals surface area (Å²) in [4.78, 5) is 14.4. The average molecular weight is 315 g/mol. The molecular formula is C17H17NO3S. The summed E-state index contributed by atoms with van der Waals surface area (Å²) in [5, 5.41) is 1.88. The van der Waals surface area contributed by atoms with Crippen molar-refractivity contribution in [3.63, 3.8) is 0 Å². The van der Waals surface area contributed by atoms with Gasteiger partial charge in [-0.3, -0.25) is 4.79 Å². The van der Waals surface area contributed by atoms with Crippen LogP contribution in [0.4, 0.5) is 0 Å². The first-order valence-electron chi connectivity index (χ1n) is 7.52. The first kappa shape index (κ1) is 13.8. The summed E-state index contributed by atoms with van der Waals surface area (Å²) >= 11 is 0. The second-order valence-corrected chi connectivity index (χ2v) is 8.53. The monoisotopic (exact) mass is 315 g/mol. The maximum Gasteiger partial charge on any atom is 0.227 e. The molecule has 2 aliphatic rings. The van der Waals surface area contributed by atoms with Crippen molar-refractivity contribution in [2.45, 2.75) is 24.1 Å². The minimum absolute atomic E-state index is 0.0405. The van der Waals surface area contributed by atoms with Crippen molar-refractivity contribution < 1.29 is 13.2 Å². The zero-order valence-corrected chi connectivity index (χ0v) is 12.9. The predicted molar refractivity (Wildman–Crippen MR) is 85.3 cm³/mol. The van der Waals surface area contributed by atoms with Gasteiger partial charge in [0.15, 0.2) is 9.84 Å². The minimum Gasteiger partial charge on any atom is -0.337 e. The van der Waals surface area contributed by atoms with Gasteiger partial charge in [-0.25, -0.2) is 8.42 Å². The smallest absolute Gasteiger partial charge is 0.227 e. The number of rotatable bonds is 2. The Labute approximate surface area is 129 Å². The van der Waals surface area contributed by atoms with Crippen molar-refractivity contribution in [2.75, 3.05) is 12.3 Å². The highest BCUT2D eigenvalue weighted by atomic mass is 32.2. The number of benzene rings is 2. The second-order valence-electron chi connectivity index (χ2n) is 6.20. The van der Waals surface area contributed by atoms with Gasteiger partial charge in [-0.05, 0) is 22.8 Å². The molecule has 2 aromatic rings. The van der Waals surface area contributed by atoms with Gasteiger partial charge >= 0.3 is 0 Å².